The van der Waals surface area contributed by atoms with Gasteiger partial charge in [0.05, 0.1) is 25.7 Å². The van der Waals surface area contributed by atoms with Crippen molar-refractivity contribution in [2.24, 2.45) is 23.1 Å². The molecule has 7 amide bonds. The Morgan fingerprint density at radius 1 is 0.613 bits per heavy atom. The molecule has 1 saturated heterocycles. The van der Waals surface area contributed by atoms with Gasteiger partial charge in [-0.1, -0.05) is 13.8 Å². The fourth-order valence-electron chi connectivity index (χ4n) is 6.33. The molecule has 0 radical (unpaired) electrons. The zero-order valence-corrected chi connectivity index (χ0v) is 35.0. The number of carbonyl (C=O) groups is 10. The topological polar surface area (TPSA) is 425 Å². The van der Waals surface area contributed by atoms with Gasteiger partial charge in [0, 0.05) is 13.0 Å². The van der Waals surface area contributed by atoms with Gasteiger partial charge in [-0.05, 0) is 76.8 Å². The molecule has 25 nitrogen and oxygen atoms in total. The highest BCUT2D eigenvalue weighted by Gasteiger charge is 2.41. The van der Waals surface area contributed by atoms with E-state index in [1.165, 1.54) is 13.8 Å². The molecule has 1 heterocycles. The molecule has 25 heteroatoms. The molecular weight excluding hydrogens is 824 g/mol. The first-order chi connectivity index (χ1) is 29.2. The zero-order valence-electron chi connectivity index (χ0n) is 35.0. The molecule has 17 N–H and O–H groups in total. The first-order valence-corrected chi connectivity index (χ1v) is 20.4. The minimum Gasteiger partial charge on any atom is -0.481 e. The first kappa shape index (κ1) is 54.5. The second kappa shape index (κ2) is 28.2. The normalized spacial score (nSPS) is 17.0. The molecule has 1 rings (SSSR count). The molecule has 0 spiro atoms. The van der Waals surface area contributed by atoms with E-state index in [0.717, 1.165) is 4.90 Å². The summed E-state index contributed by atoms with van der Waals surface area (Å²) < 4.78 is 0. The number of unbranched alkanes of at least 4 members (excludes halogenated alkanes) is 2. The van der Waals surface area contributed by atoms with Crippen molar-refractivity contribution in [1.29, 1.82) is 0 Å². The largest absolute Gasteiger partial charge is 0.481 e. The van der Waals surface area contributed by atoms with E-state index < -0.39 is 140 Å². The van der Waals surface area contributed by atoms with Gasteiger partial charge >= 0.3 is 17.9 Å². The minimum absolute atomic E-state index is 0.0288. The van der Waals surface area contributed by atoms with Crippen molar-refractivity contribution >= 4 is 59.3 Å². The van der Waals surface area contributed by atoms with Crippen LogP contribution in [0, 0.1) is 5.92 Å². The van der Waals surface area contributed by atoms with Crippen molar-refractivity contribution in [2.45, 2.75) is 133 Å². The van der Waals surface area contributed by atoms with E-state index in [-0.39, 0.29) is 45.2 Å². The zero-order chi connectivity index (χ0) is 47.1. The number of likely N-dealkylation sites (tertiary alicyclic amines) is 1. The van der Waals surface area contributed by atoms with Gasteiger partial charge in [0.2, 0.25) is 41.4 Å². The molecule has 8 atom stereocenters. The summed E-state index contributed by atoms with van der Waals surface area (Å²) in [5.41, 5.74) is 16.7. The molecule has 0 aliphatic carbocycles. The molecule has 1 aliphatic heterocycles. The lowest BCUT2D eigenvalue weighted by molar-refractivity contribution is -0.146. The third-order valence-corrected chi connectivity index (χ3v) is 9.86. The highest BCUT2D eigenvalue weighted by atomic mass is 16.4. The third kappa shape index (κ3) is 18.6. The van der Waals surface area contributed by atoms with Crippen LogP contribution in [0.4, 0.5) is 0 Å². The van der Waals surface area contributed by atoms with Gasteiger partial charge in [0.15, 0.2) is 0 Å². The molecule has 1 fully saturated rings. The Morgan fingerprint density at radius 2 is 1.11 bits per heavy atom. The predicted molar refractivity (Wildman–Crippen MR) is 216 cm³/mol. The Kier molecular flexibility index (Phi) is 24.8. The molecule has 0 aromatic heterocycles. The van der Waals surface area contributed by atoms with Crippen LogP contribution in [-0.4, -0.2) is 171 Å². The van der Waals surface area contributed by atoms with E-state index in [2.05, 4.69) is 31.9 Å². The molecule has 0 saturated carbocycles. The second-order valence-corrected chi connectivity index (χ2v) is 15.1. The van der Waals surface area contributed by atoms with Crippen molar-refractivity contribution in [3.8, 4) is 0 Å². The summed E-state index contributed by atoms with van der Waals surface area (Å²) in [6, 6.07) is -11.8. The molecule has 62 heavy (non-hydrogen) atoms. The van der Waals surface area contributed by atoms with E-state index in [1.807, 2.05) is 0 Å². The average molecular weight is 889 g/mol. The Balaban J connectivity index is 3.20. The molecular formula is C37H64N10O15. The standard InChI is InChI=1S/C37H64N10O15/c1-19(2)29(46-31(55)21(8-3-5-13-38)41-32(56)24(17-48)44-30(54)20(40)11-12-27(50)51)35(59)43-23(16-28(52)53)36(60)47-15-7-10-26(47)34(58)45-25(18-49)33(57)42-22(37(61)62)9-4-6-14-39/h19-26,29,48-49H,3-18,38-40H2,1-2H3,(H,41,56)(H,42,57)(H,43,59)(H,44,54)(H,45,58)(H,46,55)(H,50,51)(H,52,53)(H,61,62). The third-order valence-electron chi connectivity index (χ3n) is 9.86. The van der Waals surface area contributed by atoms with Gasteiger partial charge in [0.1, 0.15) is 42.3 Å². The van der Waals surface area contributed by atoms with E-state index in [9.17, 15) is 68.4 Å². The van der Waals surface area contributed by atoms with Gasteiger partial charge in [-0.25, -0.2) is 4.79 Å². The van der Waals surface area contributed by atoms with Crippen LogP contribution in [0.3, 0.4) is 0 Å². The van der Waals surface area contributed by atoms with Gasteiger partial charge in [-0.2, -0.15) is 0 Å². The number of nitrogens with zero attached hydrogens (tertiary/aromatic N) is 1. The summed E-state index contributed by atoms with van der Waals surface area (Å²) in [4.78, 5) is 129. The number of rotatable bonds is 30. The molecule has 0 bridgehead atoms. The summed E-state index contributed by atoms with van der Waals surface area (Å²) in [7, 11) is 0. The number of carboxylic acids is 3. The Bertz CT molecular complexity index is 1570. The number of carbonyl (C=O) groups excluding carboxylic acids is 7. The number of aliphatic carboxylic acids is 3. The van der Waals surface area contributed by atoms with E-state index in [1.54, 1.807) is 0 Å². The highest BCUT2D eigenvalue weighted by molar-refractivity contribution is 5.98. The summed E-state index contributed by atoms with van der Waals surface area (Å²) >= 11 is 0. The Labute approximate surface area is 358 Å². The van der Waals surface area contributed by atoms with Crippen LogP contribution >= 0.6 is 0 Å². The minimum atomic E-state index is -1.77. The summed E-state index contributed by atoms with van der Waals surface area (Å²) in [6.45, 7) is 1.63. The van der Waals surface area contributed by atoms with Gasteiger partial charge in [-0.15, -0.1) is 0 Å². The van der Waals surface area contributed by atoms with Crippen LogP contribution in [0.15, 0.2) is 0 Å². The highest BCUT2D eigenvalue weighted by Crippen LogP contribution is 2.20. The number of aliphatic hydroxyl groups is 2. The summed E-state index contributed by atoms with van der Waals surface area (Å²) in [5.74, 6) is -11.6. The summed E-state index contributed by atoms with van der Waals surface area (Å²) in [6.07, 6.45) is 0.199. The number of hydrogen-bond donors (Lipinski definition) is 14. The van der Waals surface area contributed by atoms with E-state index in [4.69, 9.17) is 22.3 Å². The number of amides is 7. The maximum absolute atomic E-state index is 13.9. The lowest BCUT2D eigenvalue weighted by atomic mass is 10.0. The monoisotopic (exact) mass is 888 g/mol. The van der Waals surface area contributed by atoms with Crippen molar-refractivity contribution in [3.63, 3.8) is 0 Å². The Hall–Kier alpha value is -5.50. The Morgan fingerprint density at radius 3 is 1.61 bits per heavy atom. The van der Waals surface area contributed by atoms with Crippen LogP contribution in [0.2, 0.25) is 0 Å². The number of nitrogens with one attached hydrogen (secondary N) is 6. The molecule has 0 aromatic carbocycles. The van der Waals surface area contributed by atoms with Crippen LogP contribution < -0.4 is 49.1 Å². The maximum atomic E-state index is 13.9. The van der Waals surface area contributed by atoms with Crippen LogP contribution in [-0.2, 0) is 47.9 Å². The second-order valence-electron chi connectivity index (χ2n) is 15.1. The quantitative estimate of drug-likeness (QED) is 0.0299. The van der Waals surface area contributed by atoms with Crippen molar-refractivity contribution in [3.05, 3.63) is 0 Å². The van der Waals surface area contributed by atoms with Crippen molar-refractivity contribution in [1.82, 2.24) is 36.8 Å². The number of hydrogen-bond acceptors (Lipinski definition) is 15. The fraction of sp³-hybridized carbons (Fsp3) is 0.730. The van der Waals surface area contributed by atoms with Gasteiger partial charge < -0.3 is 79.5 Å². The molecule has 1 aliphatic rings. The lowest BCUT2D eigenvalue weighted by Crippen LogP contribution is -2.61. The number of aliphatic hydroxyl groups excluding tert-OH is 2. The van der Waals surface area contributed by atoms with Crippen molar-refractivity contribution < 1.29 is 73.5 Å². The molecule has 352 valence electrons. The van der Waals surface area contributed by atoms with Gasteiger partial charge in [0.25, 0.3) is 0 Å². The fourth-order valence-corrected chi connectivity index (χ4v) is 6.33. The smallest absolute Gasteiger partial charge is 0.326 e. The predicted octanol–water partition coefficient (Wildman–Crippen LogP) is -5.46. The maximum Gasteiger partial charge on any atom is 0.326 e. The molecule has 8 unspecified atom stereocenters. The van der Waals surface area contributed by atoms with Crippen molar-refractivity contribution in [2.75, 3.05) is 32.8 Å². The van der Waals surface area contributed by atoms with Crippen LogP contribution in [0.1, 0.15) is 84.5 Å². The number of carboxylic acid groups (broad SMARTS) is 3. The lowest BCUT2D eigenvalue weighted by Gasteiger charge is -2.31. The SMILES string of the molecule is CC(C)C(NC(=O)C(CCCCN)NC(=O)C(CO)NC(=O)C(N)CCC(=O)O)C(=O)NC(CC(=O)O)C(=O)N1CCCC1C(=O)NC(CO)C(=O)NC(CCCCN)C(=O)O. The van der Waals surface area contributed by atoms with Crippen LogP contribution in [0.25, 0.3) is 0 Å². The van der Waals surface area contributed by atoms with Crippen LogP contribution in [0.5, 0.6) is 0 Å². The van der Waals surface area contributed by atoms with Gasteiger partial charge in [-0.3, -0.25) is 43.2 Å². The van der Waals surface area contributed by atoms with E-state index >= 15 is 0 Å². The summed E-state index contributed by atoms with van der Waals surface area (Å²) in [5, 5.41) is 61.8. The molecule has 0 aromatic rings. The average Bonchev–Trinajstić information content (AvgIpc) is 3.71. The number of nitrogens with two attached hydrogens (primary N) is 3. The van der Waals surface area contributed by atoms with E-state index in [0.29, 0.717) is 32.2 Å². The first-order valence-electron chi connectivity index (χ1n) is 20.4.